The second-order valence-electron chi connectivity index (χ2n) is 4.51. The first-order chi connectivity index (χ1) is 9.47. The maximum Gasteiger partial charge on any atom is 0.142 e. The molecule has 1 atom stereocenters. The molecule has 5 heteroatoms. The van der Waals surface area contributed by atoms with Gasteiger partial charge in [-0.2, -0.15) is 0 Å². The molecule has 2 rings (SSSR count). The van der Waals surface area contributed by atoms with Gasteiger partial charge in [-0.15, -0.1) is 0 Å². The quantitative estimate of drug-likeness (QED) is 0.917. The van der Waals surface area contributed by atoms with Crippen LogP contribution < -0.4 is 10.5 Å². The average Bonchev–Trinajstić information content (AvgIpc) is 2.41. The number of halogens is 3. The van der Waals surface area contributed by atoms with Gasteiger partial charge >= 0.3 is 0 Å². The molecule has 0 heterocycles. The molecule has 0 saturated carbocycles. The summed E-state index contributed by atoms with van der Waals surface area (Å²) in [5.74, 6) is -0.391. The normalized spacial score (nSPS) is 12.2. The first-order valence-corrected chi connectivity index (χ1v) is 6.47. The van der Waals surface area contributed by atoms with Crippen molar-refractivity contribution in [2.45, 2.75) is 19.6 Å². The Labute approximate surface area is 121 Å². The molecule has 0 aromatic heterocycles. The van der Waals surface area contributed by atoms with Crippen molar-refractivity contribution in [1.82, 2.24) is 0 Å². The third kappa shape index (κ3) is 3.46. The molecule has 2 aromatic rings. The average molecular weight is 298 g/mol. The smallest absolute Gasteiger partial charge is 0.142 e. The molecule has 2 aromatic carbocycles. The molecule has 0 amide bonds. The minimum atomic E-state index is -0.501. The van der Waals surface area contributed by atoms with Crippen molar-refractivity contribution >= 4 is 11.6 Å². The van der Waals surface area contributed by atoms with E-state index < -0.39 is 5.82 Å². The van der Waals surface area contributed by atoms with Gasteiger partial charge in [0.1, 0.15) is 24.0 Å². The summed E-state index contributed by atoms with van der Waals surface area (Å²) >= 11 is 5.61. The summed E-state index contributed by atoms with van der Waals surface area (Å²) in [4.78, 5) is 0. The Hall–Kier alpha value is -1.65. The van der Waals surface area contributed by atoms with E-state index in [0.29, 0.717) is 16.9 Å². The summed E-state index contributed by atoms with van der Waals surface area (Å²) in [6.07, 6.45) is 0. The van der Waals surface area contributed by atoms with Crippen LogP contribution in [0.2, 0.25) is 5.02 Å². The fraction of sp³-hybridized carbons (Fsp3) is 0.200. The molecule has 0 spiro atoms. The van der Waals surface area contributed by atoms with Crippen LogP contribution in [0.15, 0.2) is 36.4 Å². The van der Waals surface area contributed by atoms with Crippen LogP contribution in [0.1, 0.15) is 24.1 Å². The molecule has 106 valence electrons. The molecule has 2 nitrogen and oxygen atoms in total. The summed E-state index contributed by atoms with van der Waals surface area (Å²) < 4.78 is 32.1. The van der Waals surface area contributed by atoms with Gasteiger partial charge in [-0.1, -0.05) is 17.7 Å². The molecule has 0 aliphatic carbocycles. The second kappa shape index (κ2) is 6.20. The second-order valence-corrected chi connectivity index (χ2v) is 4.92. The highest BCUT2D eigenvalue weighted by Crippen LogP contribution is 2.26. The van der Waals surface area contributed by atoms with Crippen molar-refractivity contribution in [3.8, 4) is 5.75 Å². The van der Waals surface area contributed by atoms with Gasteiger partial charge in [0.05, 0.1) is 5.02 Å². The van der Waals surface area contributed by atoms with E-state index in [1.165, 1.54) is 30.3 Å². The van der Waals surface area contributed by atoms with Gasteiger partial charge in [0, 0.05) is 11.6 Å². The van der Waals surface area contributed by atoms with Crippen molar-refractivity contribution in [1.29, 1.82) is 0 Å². The number of ether oxygens (including phenoxy) is 1. The third-order valence-corrected chi connectivity index (χ3v) is 3.15. The predicted molar refractivity (Wildman–Crippen MR) is 74.7 cm³/mol. The zero-order valence-electron chi connectivity index (χ0n) is 10.9. The minimum absolute atomic E-state index is 0.0619. The maximum atomic E-state index is 13.3. The van der Waals surface area contributed by atoms with E-state index in [9.17, 15) is 8.78 Å². The van der Waals surface area contributed by atoms with E-state index in [-0.39, 0.29) is 23.5 Å². The number of nitrogens with two attached hydrogens (primary N) is 1. The van der Waals surface area contributed by atoms with Crippen LogP contribution >= 0.6 is 11.6 Å². The molecule has 0 fully saturated rings. The van der Waals surface area contributed by atoms with Crippen molar-refractivity contribution in [2.24, 2.45) is 5.73 Å². The molecule has 0 bridgehead atoms. The summed E-state index contributed by atoms with van der Waals surface area (Å²) in [7, 11) is 0. The van der Waals surface area contributed by atoms with Crippen LogP contribution in [0.25, 0.3) is 0 Å². The number of rotatable bonds is 4. The van der Waals surface area contributed by atoms with Crippen LogP contribution in [0.3, 0.4) is 0 Å². The Morgan fingerprint density at radius 1 is 1.20 bits per heavy atom. The van der Waals surface area contributed by atoms with Crippen molar-refractivity contribution in [3.05, 3.63) is 64.2 Å². The molecule has 0 unspecified atom stereocenters. The van der Waals surface area contributed by atoms with E-state index in [4.69, 9.17) is 22.1 Å². The van der Waals surface area contributed by atoms with Gasteiger partial charge in [-0.25, -0.2) is 8.78 Å². The summed E-state index contributed by atoms with van der Waals surface area (Å²) in [5, 5.41) is 0.0619. The SMILES string of the molecule is C[C@@H](N)c1cc(F)ccc1OCc1ccc(Cl)c(F)c1. The van der Waals surface area contributed by atoms with Crippen LogP contribution in [0, 0.1) is 11.6 Å². The van der Waals surface area contributed by atoms with Crippen molar-refractivity contribution in [3.63, 3.8) is 0 Å². The van der Waals surface area contributed by atoms with E-state index in [1.54, 1.807) is 13.0 Å². The molecule has 0 radical (unpaired) electrons. The molecular formula is C15H14ClF2NO. The highest BCUT2D eigenvalue weighted by Gasteiger charge is 2.10. The number of benzene rings is 2. The zero-order chi connectivity index (χ0) is 14.7. The fourth-order valence-electron chi connectivity index (χ4n) is 1.80. The lowest BCUT2D eigenvalue weighted by atomic mass is 10.1. The Bertz CT molecular complexity index is 617. The topological polar surface area (TPSA) is 35.2 Å². The first-order valence-electron chi connectivity index (χ1n) is 6.09. The fourth-order valence-corrected chi connectivity index (χ4v) is 1.91. The minimum Gasteiger partial charge on any atom is -0.489 e. The molecule has 0 aliphatic heterocycles. The van der Waals surface area contributed by atoms with E-state index in [2.05, 4.69) is 0 Å². The van der Waals surface area contributed by atoms with Gasteiger partial charge in [0.25, 0.3) is 0 Å². The third-order valence-electron chi connectivity index (χ3n) is 2.84. The van der Waals surface area contributed by atoms with Gasteiger partial charge < -0.3 is 10.5 Å². The van der Waals surface area contributed by atoms with E-state index in [1.807, 2.05) is 0 Å². The Kier molecular flexibility index (Phi) is 4.57. The van der Waals surface area contributed by atoms with Gasteiger partial charge in [0.15, 0.2) is 0 Å². The lowest BCUT2D eigenvalue weighted by Gasteiger charge is -2.14. The van der Waals surface area contributed by atoms with Gasteiger partial charge in [0.2, 0.25) is 0 Å². The lowest BCUT2D eigenvalue weighted by Crippen LogP contribution is -2.08. The summed E-state index contributed by atoms with van der Waals surface area (Å²) in [6.45, 7) is 1.89. The van der Waals surface area contributed by atoms with Crippen LogP contribution in [-0.2, 0) is 6.61 Å². The molecule has 0 aliphatic rings. The summed E-state index contributed by atoms with van der Waals surface area (Å²) in [6, 6.07) is 8.22. The van der Waals surface area contributed by atoms with Gasteiger partial charge in [-0.3, -0.25) is 0 Å². The molecule has 0 saturated heterocycles. The van der Waals surface area contributed by atoms with Gasteiger partial charge in [-0.05, 0) is 42.8 Å². The van der Waals surface area contributed by atoms with E-state index >= 15 is 0 Å². The molecule has 20 heavy (non-hydrogen) atoms. The highest BCUT2D eigenvalue weighted by molar-refractivity contribution is 6.30. The largest absolute Gasteiger partial charge is 0.489 e. The number of hydrogen-bond donors (Lipinski definition) is 1. The molecular weight excluding hydrogens is 284 g/mol. The maximum absolute atomic E-state index is 13.3. The Morgan fingerprint density at radius 3 is 2.60 bits per heavy atom. The van der Waals surface area contributed by atoms with Crippen LogP contribution in [0.5, 0.6) is 5.75 Å². The number of hydrogen-bond acceptors (Lipinski definition) is 2. The predicted octanol–water partition coefficient (Wildman–Crippen LogP) is 4.22. The van der Waals surface area contributed by atoms with Crippen molar-refractivity contribution < 1.29 is 13.5 Å². The first kappa shape index (κ1) is 14.8. The summed E-state index contributed by atoms with van der Waals surface area (Å²) in [5.41, 5.74) is 6.97. The standard InChI is InChI=1S/C15H14ClF2NO/c1-9(19)12-7-11(17)3-5-15(12)20-8-10-2-4-13(16)14(18)6-10/h2-7,9H,8,19H2,1H3/t9-/m1/s1. The Morgan fingerprint density at radius 2 is 1.95 bits per heavy atom. The van der Waals surface area contributed by atoms with Crippen LogP contribution in [-0.4, -0.2) is 0 Å². The molecule has 2 N–H and O–H groups in total. The monoisotopic (exact) mass is 297 g/mol. The van der Waals surface area contributed by atoms with Crippen LogP contribution in [0.4, 0.5) is 8.78 Å². The lowest BCUT2D eigenvalue weighted by molar-refractivity contribution is 0.300. The Balaban J connectivity index is 2.16. The van der Waals surface area contributed by atoms with E-state index in [0.717, 1.165) is 0 Å². The zero-order valence-corrected chi connectivity index (χ0v) is 11.6. The highest BCUT2D eigenvalue weighted by atomic mass is 35.5. The van der Waals surface area contributed by atoms with Crippen molar-refractivity contribution in [2.75, 3.05) is 0 Å².